The monoisotopic (exact) mass is 399 g/mol. The predicted molar refractivity (Wildman–Crippen MR) is 103 cm³/mol. The highest BCUT2D eigenvalue weighted by Gasteiger charge is 2.16. The van der Waals surface area contributed by atoms with Crippen LogP contribution in [0.2, 0.25) is 0 Å². The molecule has 3 rings (SSSR count). The Kier molecular flexibility index (Phi) is 6.67. The van der Waals surface area contributed by atoms with Gasteiger partial charge in [-0.05, 0) is 42.5 Å². The summed E-state index contributed by atoms with van der Waals surface area (Å²) in [5, 5.41) is 2.45. The van der Waals surface area contributed by atoms with Crippen LogP contribution in [0, 0.1) is 0 Å². The summed E-state index contributed by atoms with van der Waals surface area (Å²) in [5.74, 6) is 0.168. The van der Waals surface area contributed by atoms with Crippen molar-refractivity contribution >= 4 is 17.7 Å². The molecule has 0 aromatic heterocycles. The number of ether oxygens (including phenoxy) is 4. The van der Waals surface area contributed by atoms with E-state index in [0.717, 1.165) is 6.42 Å². The second-order valence-electron chi connectivity index (χ2n) is 6.21. The number of hydrogen-bond donors (Lipinski definition) is 1. The van der Waals surface area contributed by atoms with E-state index in [9.17, 15) is 14.4 Å². The van der Waals surface area contributed by atoms with Gasteiger partial charge >= 0.3 is 5.97 Å². The zero-order valence-corrected chi connectivity index (χ0v) is 15.9. The minimum absolute atomic E-state index is 0.348. The van der Waals surface area contributed by atoms with Crippen molar-refractivity contribution in [2.45, 2.75) is 6.42 Å². The van der Waals surface area contributed by atoms with Gasteiger partial charge in [0.05, 0.1) is 20.3 Å². The van der Waals surface area contributed by atoms with Gasteiger partial charge in [-0.15, -0.1) is 0 Å². The molecule has 2 aromatic carbocycles. The van der Waals surface area contributed by atoms with Crippen LogP contribution >= 0.6 is 0 Å². The van der Waals surface area contributed by atoms with Crippen LogP contribution in [-0.4, -0.2) is 51.1 Å². The van der Waals surface area contributed by atoms with Crippen molar-refractivity contribution in [1.29, 1.82) is 0 Å². The summed E-state index contributed by atoms with van der Waals surface area (Å²) in [6, 6.07) is 11.3. The van der Waals surface area contributed by atoms with Crippen molar-refractivity contribution < 1.29 is 33.3 Å². The normalized spacial score (nSPS) is 12.4. The van der Waals surface area contributed by atoms with E-state index >= 15 is 0 Å². The molecule has 0 atom stereocenters. The van der Waals surface area contributed by atoms with E-state index in [0.29, 0.717) is 41.6 Å². The van der Waals surface area contributed by atoms with E-state index in [-0.39, 0.29) is 12.3 Å². The maximum absolute atomic E-state index is 12.3. The minimum Gasteiger partial charge on any atom is -0.497 e. The zero-order chi connectivity index (χ0) is 20.6. The molecule has 29 heavy (non-hydrogen) atoms. The number of benzene rings is 2. The Hall–Kier alpha value is -3.55. The molecule has 0 spiro atoms. The maximum Gasteiger partial charge on any atom is 0.325 e. The second-order valence-corrected chi connectivity index (χ2v) is 6.21. The van der Waals surface area contributed by atoms with E-state index in [2.05, 4.69) is 5.32 Å². The Morgan fingerprint density at radius 1 is 0.966 bits per heavy atom. The number of amides is 1. The molecule has 2 aromatic rings. The molecule has 0 saturated carbocycles. The van der Waals surface area contributed by atoms with Crippen LogP contribution in [0.3, 0.4) is 0 Å². The Bertz CT molecular complexity index is 892. The Morgan fingerprint density at radius 3 is 2.38 bits per heavy atom. The van der Waals surface area contributed by atoms with Gasteiger partial charge in [0.15, 0.2) is 23.9 Å². The highest BCUT2D eigenvalue weighted by molar-refractivity contribution is 5.99. The van der Waals surface area contributed by atoms with Crippen molar-refractivity contribution in [3.8, 4) is 17.2 Å². The van der Waals surface area contributed by atoms with Crippen molar-refractivity contribution in [2.24, 2.45) is 0 Å². The van der Waals surface area contributed by atoms with E-state index in [1.807, 2.05) is 0 Å². The molecule has 0 saturated heterocycles. The summed E-state index contributed by atoms with van der Waals surface area (Å²) in [6.07, 6.45) is 0.762. The van der Waals surface area contributed by atoms with Crippen LogP contribution in [0.5, 0.6) is 17.2 Å². The molecule has 0 radical (unpaired) electrons. The summed E-state index contributed by atoms with van der Waals surface area (Å²) >= 11 is 0. The molecule has 1 heterocycles. The number of Topliss-reactive ketones (excluding diaryl/α,β-unsaturated/α-hetero) is 1. The largest absolute Gasteiger partial charge is 0.497 e. The van der Waals surface area contributed by atoms with E-state index in [4.69, 9.17) is 18.9 Å². The van der Waals surface area contributed by atoms with E-state index < -0.39 is 18.5 Å². The van der Waals surface area contributed by atoms with Crippen LogP contribution in [-0.2, 0) is 9.53 Å². The molecule has 0 aliphatic carbocycles. The number of hydrogen-bond acceptors (Lipinski definition) is 7. The zero-order valence-electron chi connectivity index (χ0n) is 15.9. The van der Waals surface area contributed by atoms with Gasteiger partial charge < -0.3 is 24.3 Å². The molecule has 8 heteroatoms. The Balaban J connectivity index is 1.46. The number of rotatable bonds is 7. The molecule has 1 aliphatic heterocycles. The summed E-state index contributed by atoms with van der Waals surface area (Å²) in [4.78, 5) is 36.1. The first-order valence-electron chi connectivity index (χ1n) is 9.07. The first kappa shape index (κ1) is 20.2. The maximum atomic E-state index is 12.3. The molecule has 8 nitrogen and oxygen atoms in total. The van der Waals surface area contributed by atoms with Crippen LogP contribution in [0.25, 0.3) is 0 Å². The second kappa shape index (κ2) is 9.59. The van der Waals surface area contributed by atoms with Gasteiger partial charge in [-0.3, -0.25) is 14.4 Å². The van der Waals surface area contributed by atoms with Gasteiger partial charge in [-0.1, -0.05) is 0 Å². The topological polar surface area (TPSA) is 100 Å². The van der Waals surface area contributed by atoms with Crippen LogP contribution < -0.4 is 19.5 Å². The fraction of sp³-hybridized carbons (Fsp3) is 0.286. The first-order chi connectivity index (χ1) is 14.1. The van der Waals surface area contributed by atoms with Gasteiger partial charge in [0.25, 0.3) is 5.91 Å². The number of methoxy groups -OCH3 is 1. The number of carbonyl (C=O) groups is 3. The van der Waals surface area contributed by atoms with Gasteiger partial charge in [0, 0.05) is 17.5 Å². The van der Waals surface area contributed by atoms with Gasteiger partial charge in [-0.25, -0.2) is 0 Å². The van der Waals surface area contributed by atoms with E-state index in [1.54, 1.807) is 42.5 Å². The van der Waals surface area contributed by atoms with Gasteiger partial charge in [-0.2, -0.15) is 0 Å². The number of nitrogens with one attached hydrogen (secondary N) is 1. The SMILES string of the molecule is COc1ccc(C(=O)NCC(=O)OCC(=O)c2ccc3c(c2)OCCCO3)cc1. The number of esters is 1. The molecule has 1 aliphatic rings. The third-order valence-corrected chi connectivity index (χ3v) is 4.18. The molecular weight excluding hydrogens is 378 g/mol. The highest BCUT2D eigenvalue weighted by Crippen LogP contribution is 2.30. The van der Waals surface area contributed by atoms with Crippen molar-refractivity contribution in [3.05, 3.63) is 53.6 Å². The summed E-state index contributed by atoms with van der Waals surface area (Å²) in [6.45, 7) is 0.282. The van der Waals surface area contributed by atoms with Crippen molar-refractivity contribution in [1.82, 2.24) is 5.32 Å². The summed E-state index contributed by atoms with van der Waals surface area (Å²) in [7, 11) is 1.53. The predicted octanol–water partition coefficient (Wildman–Crippen LogP) is 2.01. The van der Waals surface area contributed by atoms with Crippen molar-refractivity contribution in [3.63, 3.8) is 0 Å². The lowest BCUT2D eigenvalue weighted by Crippen LogP contribution is -2.31. The Labute approximate surface area is 167 Å². The quantitative estimate of drug-likeness (QED) is 0.561. The lowest BCUT2D eigenvalue weighted by Gasteiger charge is -2.09. The lowest BCUT2D eigenvalue weighted by atomic mass is 10.1. The molecule has 0 unspecified atom stereocenters. The molecular formula is C21H21NO7. The minimum atomic E-state index is -0.713. The third kappa shape index (κ3) is 5.47. The fourth-order valence-corrected chi connectivity index (χ4v) is 2.61. The molecule has 0 fully saturated rings. The van der Waals surface area contributed by atoms with Crippen LogP contribution in [0.1, 0.15) is 27.1 Å². The number of fused-ring (bicyclic) bond motifs is 1. The molecule has 0 bridgehead atoms. The van der Waals surface area contributed by atoms with Crippen LogP contribution in [0.15, 0.2) is 42.5 Å². The molecule has 1 amide bonds. The average Bonchev–Trinajstić information content (AvgIpc) is 3.00. The van der Waals surface area contributed by atoms with Crippen molar-refractivity contribution in [2.75, 3.05) is 33.5 Å². The standard InChI is InChI=1S/C21H21NO7/c1-26-16-6-3-14(4-7-16)21(25)22-12-20(24)29-13-17(23)15-5-8-18-19(11-15)28-10-2-9-27-18/h3-8,11H,2,9-10,12-13H2,1H3,(H,22,25). The average molecular weight is 399 g/mol. The fourth-order valence-electron chi connectivity index (χ4n) is 2.61. The summed E-state index contributed by atoms with van der Waals surface area (Å²) in [5.41, 5.74) is 0.728. The first-order valence-corrected chi connectivity index (χ1v) is 9.07. The lowest BCUT2D eigenvalue weighted by molar-refractivity contribution is -0.141. The molecule has 152 valence electrons. The highest BCUT2D eigenvalue weighted by atomic mass is 16.5. The third-order valence-electron chi connectivity index (χ3n) is 4.18. The number of carbonyl (C=O) groups excluding carboxylic acids is 3. The summed E-state index contributed by atoms with van der Waals surface area (Å²) < 4.78 is 21.0. The van der Waals surface area contributed by atoms with Gasteiger partial charge in [0.1, 0.15) is 12.3 Å². The smallest absolute Gasteiger partial charge is 0.325 e. The number of ketones is 1. The Morgan fingerprint density at radius 2 is 1.66 bits per heavy atom. The van der Waals surface area contributed by atoms with Gasteiger partial charge in [0.2, 0.25) is 0 Å². The van der Waals surface area contributed by atoms with E-state index in [1.165, 1.54) is 7.11 Å². The molecule has 1 N–H and O–H groups in total. The van der Waals surface area contributed by atoms with Crippen LogP contribution in [0.4, 0.5) is 0 Å².